The number of ether oxygens (including phenoxy) is 3. The van der Waals surface area contributed by atoms with E-state index in [2.05, 4.69) is 5.32 Å². The Kier molecular flexibility index (Phi) is 7.95. The molecule has 0 aromatic heterocycles. The molecule has 2 heterocycles. The number of carbonyl (C=O) groups excluding carboxylic acids is 5. The van der Waals surface area contributed by atoms with Crippen molar-refractivity contribution in [2.75, 3.05) is 32.6 Å². The predicted octanol–water partition coefficient (Wildman–Crippen LogP) is 1.43. The standard InChI is InChI=1S/C25H25N5O10/c1-38-18-10-13(17(30(36)37)11-19(18)39-2)12-40-25(35)29-20(31)7-6-16(23(29)33)28-22(32)14-4-3-5-15(27-9-8-26)21(14)24(28)34/h3-5,10-11,16,27H,6-9,12,26H2,1-2H3. The summed E-state index contributed by atoms with van der Waals surface area (Å²) in [5, 5.41) is 14.5. The molecule has 1 unspecified atom stereocenters. The highest BCUT2D eigenvalue weighted by atomic mass is 16.6. The molecule has 15 heteroatoms. The molecule has 3 N–H and O–H groups in total. The van der Waals surface area contributed by atoms with Crippen molar-refractivity contribution in [3.8, 4) is 11.5 Å². The molecule has 2 aliphatic rings. The van der Waals surface area contributed by atoms with Crippen molar-refractivity contribution < 1.29 is 43.1 Å². The number of methoxy groups -OCH3 is 2. The summed E-state index contributed by atoms with van der Waals surface area (Å²) in [5.74, 6) is -3.37. The van der Waals surface area contributed by atoms with Gasteiger partial charge in [-0.3, -0.25) is 34.2 Å². The number of carbonyl (C=O) groups is 5. The SMILES string of the molecule is COc1cc(COC(=O)N2C(=O)CCC(N3C(=O)c4cccc(NCCN)c4C3=O)C2=O)c([N+](=O)[O-])cc1OC. The van der Waals surface area contributed by atoms with Gasteiger partial charge in [-0.1, -0.05) is 6.07 Å². The Morgan fingerprint density at radius 1 is 1.12 bits per heavy atom. The van der Waals surface area contributed by atoms with E-state index < -0.39 is 53.0 Å². The van der Waals surface area contributed by atoms with Crippen molar-refractivity contribution in [3.05, 3.63) is 57.1 Å². The van der Waals surface area contributed by atoms with Gasteiger partial charge in [-0.2, -0.15) is 4.90 Å². The molecule has 0 aliphatic carbocycles. The molecule has 4 rings (SSSR count). The minimum atomic E-state index is -1.45. The van der Waals surface area contributed by atoms with Crippen molar-refractivity contribution in [1.82, 2.24) is 9.80 Å². The van der Waals surface area contributed by atoms with Crippen LogP contribution in [0.25, 0.3) is 0 Å². The Morgan fingerprint density at radius 3 is 2.48 bits per heavy atom. The van der Waals surface area contributed by atoms with E-state index in [1.165, 1.54) is 26.4 Å². The summed E-state index contributed by atoms with van der Waals surface area (Å²) in [5.41, 5.74) is 5.44. The number of nitrogens with two attached hydrogens (primary N) is 1. The van der Waals surface area contributed by atoms with Gasteiger partial charge < -0.3 is 25.3 Å². The summed E-state index contributed by atoms with van der Waals surface area (Å²) in [7, 11) is 2.60. The minimum absolute atomic E-state index is 0.0561. The summed E-state index contributed by atoms with van der Waals surface area (Å²) in [4.78, 5) is 77.0. The maximum Gasteiger partial charge on any atom is 0.423 e. The van der Waals surface area contributed by atoms with E-state index in [0.717, 1.165) is 11.0 Å². The average Bonchev–Trinajstić information content (AvgIpc) is 3.20. The molecule has 5 amide bonds. The van der Waals surface area contributed by atoms with E-state index >= 15 is 0 Å². The smallest absolute Gasteiger partial charge is 0.423 e. The van der Waals surface area contributed by atoms with Crippen LogP contribution in [-0.4, -0.2) is 77.8 Å². The zero-order chi connectivity index (χ0) is 29.1. The van der Waals surface area contributed by atoms with Gasteiger partial charge >= 0.3 is 6.09 Å². The van der Waals surface area contributed by atoms with Crippen LogP contribution in [0.5, 0.6) is 11.5 Å². The number of nitrogens with zero attached hydrogens (tertiary/aromatic N) is 3. The van der Waals surface area contributed by atoms with Crippen molar-refractivity contribution in [2.24, 2.45) is 5.73 Å². The van der Waals surface area contributed by atoms with Crippen LogP contribution in [0.2, 0.25) is 0 Å². The van der Waals surface area contributed by atoms with Gasteiger partial charge in [0, 0.05) is 25.2 Å². The molecule has 2 aromatic carbocycles. The van der Waals surface area contributed by atoms with Gasteiger partial charge in [-0.05, 0) is 24.6 Å². The third kappa shape index (κ3) is 4.89. The lowest BCUT2D eigenvalue weighted by molar-refractivity contribution is -0.385. The summed E-state index contributed by atoms with van der Waals surface area (Å²) >= 11 is 0. The summed E-state index contributed by atoms with van der Waals surface area (Å²) < 4.78 is 15.3. The van der Waals surface area contributed by atoms with Crippen LogP contribution in [0.3, 0.4) is 0 Å². The number of imide groups is 4. The molecule has 0 saturated carbocycles. The average molecular weight is 556 g/mol. The van der Waals surface area contributed by atoms with Gasteiger partial charge in [0.2, 0.25) is 5.91 Å². The quantitative estimate of drug-likeness (QED) is 0.256. The van der Waals surface area contributed by atoms with E-state index in [4.69, 9.17) is 19.9 Å². The first kappa shape index (κ1) is 28.0. The van der Waals surface area contributed by atoms with Crippen molar-refractivity contribution in [3.63, 3.8) is 0 Å². The zero-order valence-corrected chi connectivity index (χ0v) is 21.5. The monoisotopic (exact) mass is 555 g/mol. The van der Waals surface area contributed by atoms with Gasteiger partial charge in [-0.15, -0.1) is 0 Å². The molecule has 2 aliphatic heterocycles. The second-order valence-corrected chi connectivity index (χ2v) is 8.69. The number of benzene rings is 2. The number of nitro groups is 1. The van der Waals surface area contributed by atoms with E-state index in [-0.39, 0.29) is 52.5 Å². The zero-order valence-electron chi connectivity index (χ0n) is 21.5. The molecular formula is C25H25N5O10. The molecular weight excluding hydrogens is 530 g/mol. The maximum absolute atomic E-state index is 13.3. The molecule has 1 saturated heterocycles. The molecule has 0 spiro atoms. The number of rotatable bonds is 9. The number of hydrogen-bond donors (Lipinski definition) is 2. The van der Waals surface area contributed by atoms with Crippen LogP contribution in [0.15, 0.2) is 30.3 Å². The fraction of sp³-hybridized carbons (Fsp3) is 0.320. The van der Waals surface area contributed by atoms with E-state index in [1.807, 2.05) is 0 Å². The van der Waals surface area contributed by atoms with Crippen molar-refractivity contribution in [2.45, 2.75) is 25.5 Å². The number of hydrogen-bond acceptors (Lipinski definition) is 12. The minimum Gasteiger partial charge on any atom is -0.493 e. The largest absolute Gasteiger partial charge is 0.493 e. The lowest BCUT2D eigenvalue weighted by Crippen LogP contribution is -2.57. The lowest BCUT2D eigenvalue weighted by atomic mass is 10.0. The number of fused-ring (bicyclic) bond motifs is 1. The molecule has 1 atom stereocenters. The molecule has 0 radical (unpaired) electrons. The highest BCUT2D eigenvalue weighted by Crippen LogP contribution is 2.36. The predicted molar refractivity (Wildman–Crippen MR) is 136 cm³/mol. The molecule has 15 nitrogen and oxygen atoms in total. The van der Waals surface area contributed by atoms with E-state index in [9.17, 15) is 34.1 Å². The highest BCUT2D eigenvalue weighted by Gasteiger charge is 2.49. The lowest BCUT2D eigenvalue weighted by Gasteiger charge is -2.32. The summed E-state index contributed by atoms with van der Waals surface area (Å²) in [6.45, 7) is -0.102. The van der Waals surface area contributed by atoms with Crippen LogP contribution in [0.1, 0.15) is 39.1 Å². The van der Waals surface area contributed by atoms with Crippen LogP contribution in [-0.2, 0) is 20.9 Å². The number of amides is 5. The number of piperidine rings is 1. The van der Waals surface area contributed by atoms with Crippen molar-refractivity contribution >= 4 is 41.1 Å². The molecule has 40 heavy (non-hydrogen) atoms. The number of anilines is 1. The number of likely N-dealkylation sites (tertiary alicyclic amines) is 1. The van der Waals surface area contributed by atoms with Gasteiger partial charge in [0.15, 0.2) is 11.5 Å². The van der Waals surface area contributed by atoms with Crippen LogP contribution in [0.4, 0.5) is 16.2 Å². The maximum atomic E-state index is 13.3. The first-order chi connectivity index (χ1) is 19.1. The van der Waals surface area contributed by atoms with Crippen LogP contribution in [0, 0.1) is 10.1 Å². The molecule has 0 bridgehead atoms. The van der Waals surface area contributed by atoms with Gasteiger partial charge in [0.05, 0.1) is 41.9 Å². The second-order valence-electron chi connectivity index (χ2n) is 8.69. The second kappa shape index (κ2) is 11.4. The van der Waals surface area contributed by atoms with E-state index in [0.29, 0.717) is 12.2 Å². The van der Waals surface area contributed by atoms with Crippen LogP contribution >= 0.6 is 0 Å². The molecule has 210 valence electrons. The molecule has 2 aromatic rings. The third-order valence-electron chi connectivity index (χ3n) is 6.42. The first-order valence-electron chi connectivity index (χ1n) is 12.0. The Morgan fingerprint density at radius 2 is 1.82 bits per heavy atom. The highest BCUT2D eigenvalue weighted by molar-refractivity contribution is 6.26. The first-order valence-corrected chi connectivity index (χ1v) is 12.0. The van der Waals surface area contributed by atoms with Gasteiger partial charge in [-0.25, -0.2) is 4.79 Å². The third-order valence-corrected chi connectivity index (χ3v) is 6.42. The molecule has 1 fully saturated rings. The summed E-state index contributed by atoms with van der Waals surface area (Å²) in [6, 6.07) is 5.44. The normalized spacial score (nSPS) is 16.6. The fourth-order valence-corrected chi connectivity index (χ4v) is 4.54. The van der Waals surface area contributed by atoms with E-state index in [1.54, 1.807) is 12.1 Å². The fourth-order valence-electron chi connectivity index (χ4n) is 4.54. The van der Waals surface area contributed by atoms with Gasteiger partial charge in [0.25, 0.3) is 23.4 Å². The van der Waals surface area contributed by atoms with Crippen molar-refractivity contribution in [1.29, 1.82) is 0 Å². The summed E-state index contributed by atoms with van der Waals surface area (Å²) in [6.07, 6.45) is -1.95. The van der Waals surface area contributed by atoms with Gasteiger partial charge in [0.1, 0.15) is 12.6 Å². The Balaban J connectivity index is 1.56. The number of nitro benzene ring substituents is 1. The van der Waals surface area contributed by atoms with Crippen LogP contribution < -0.4 is 20.5 Å². The Hall–Kier alpha value is -5.05. The number of nitrogens with one attached hydrogen (secondary N) is 1. The Labute approximate surface area is 226 Å². The Bertz CT molecular complexity index is 1420. The topological polar surface area (TPSA) is 201 Å².